The van der Waals surface area contributed by atoms with Gasteiger partial charge in [0.25, 0.3) is 5.91 Å². The molecule has 0 aliphatic heterocycles. The maximum atomic E-state index is 10.8. The van der Waals surface area contributed by atoms with E-state index in [1.807, 2.05) is 0 Å². The lowest BCUT2D eigenvalue weighted by Crippen LogP contribution is -2.46. The van der Waals surface area contributed by atoms with Crippen LogP contribution in [0.1, 0.15) is 19.8 Å². The topological polar surface area (TPSA) is 49.3 Å². The van der Waals surface area contributed by atoms with Gasteiger partial charge >= 0.3 is 0 Å². The fourth-order valence-corrected chi connectivity index (χ4v) is 1.04. The number of amides is 1. The summed E-state index contributed by atoms with van der Waals surface area (Å²) < 4.78 is 0. The molecule has 2 N–H and O–H groups in total. The van der Waals surface area contributed by atoms with Crippen molar-refractivity contribution in [3.05, 3.63) is 0 Å². The fourth-order valence-electron chi connectivity index (χ4n) is 1.04. The first kappa shape index (κ1) is 8.09. The van der Waals surface area contributed by atoms with Crippen molar-refractivity contribution in [2.45, 2.75) is 31.9 Å². The van der Waals surface area contributed by atoms with E-state index < -0.39 is 0 Å². The van der Waals surface area contributed by atoms with Gasteiger partial charge in [-0.15, -0.1) is 0 Å². The van der Waals surface area contributed by atoms with Crippen LogP contribution in [0.5, 0.6) is 0 Å². The van der Waals surface area contributed by atoms with Crippen LogP contribution in [0.3, 0.4) is 0 Å². The van der Waals surface area contributed by atoms with Crippen molar-refractivity contribution in [1.82, 2.24) is 5.32 Å². The highest BCUT2D eigenvalue weighted by atomic mass is 16.3. The van der Waals surface area contributed by atoms with Crippen LogP contribution in [0.25, 0.3) is 0 Å². The van der Waals surface area contributed by atoms with Crippen LogP contribution in [0.15, 0.2) is 0 Å². The van der Waals surface area contributed by atoms with Gasteiger partial charge < -0.3 is 10.4 Å². The molecule has 60 valence electrons. The molecule has 0 aromatic rings. The van der Waals surface area contributed by atoms with E-state index in [4.69, 9.17) is 5.11 Å². The summed E-state index contributed by atoms with van der Waals surface area (Å²) in [5.74, 6) is 4.64. The largest absolute Gasteiger partial charge is 0.393 e. The zero-order chi connectivity index (χ0) is 8.27. The molecule has 1 saturated carbocycles. The van der Waals surface area contributed by atoms with Gasteiger partial charge in [0.05, 0.1) is 6.10 Å². The monoisotopic (exact) mass is 153 g/mol. The predicted octanol–water partition coefficient (Wildman–Crippen LogP) is -0.351. The first-order valence-corrected chi connectivity index (χ1v) is 3.63. The summed E-state index contributed by atoms with van der Waals surface area (Å²) in [4.78, 5) is 10.8. The summed E-state index contributed by atoms with van der Waals surface area (Å²) in [5, 5.41) is 11.5. The van der Waals surface area contributed by atoms with E-state index in [9.17, 15) is 4.79 Å². The molecule has 3 heteroatoms. The van der Waals surface area contributed by atoms with Gasteiger partial charge in [0.1, 0.15) is 0 Å². The van der Waals surface area contributed by atoms with E-state index in [-0.39, 0.29) is 18.1 Å². The smallest absolute Gasteiger partial charge is 0.296 e. The van der Waals surface area contributed by atoms with Gasteiger partial charge in [-0.25, -0.2) is 0 Å². The Kier molecular flexibility index (Phi) is 2.50. The molecular formula is C8H11NO2. The molecule has 3 nitrogen and oxygen atoms in total. The lowest BCUT2D eigenvalue weighted by atomic mass is 9.89. The summed E-state index contributed by atoms with van der Waals surface area (Å²) in [5.41, 5.74) is 0. The minimum atomic E-state index is -0.246. The van der Waals surface area contributed by atoms with Crippen LogP contribution < -0.4 is 5.32 Å². The van der Waals surface area contributed by atoms with Crippen LogP contribution in [0, 0.1) is 11.8 Å². The normalized spacial score (nSPS) is 27.8. The Hall–Kier alpha value is -1.01. The van der Waals surface area contributed by atoms with Crippen molar-refractivity contribution in [1.29, 1.82) is 0 Å². The summed E-state index contributed by atoms with van der Waals surface area (Å²) in [6.07, 6.45) is 1.10. The summed E-state index contributed by atoms with van der Waals surface area (Å²) >= 11 is 0. The zero-order valence-corrected chi connectivity index (χ0v) is 6.42. The third-order valence-corrected chi connectivity index (χ3v) is 1.69. The molecule has 0 spiro atoms. The molecule has 11 heavy (non-hydrogen) atoms. The van der Waals surface area contributed by atoms with Crippen molar-refractivity contribution in [2.75, 3.05) is 0 Å². The second-order valence-corrected chi connectivity index (χ2v) is 2.67. The molecule has 1 fully saturated rings. The molecule has 0 unspecified atom stereocenters. The van der Waals surface area contributed by atoms with Gasteiger partial charge in [-0.1, -0.05) is 5.92 Å². The predicted molar refractivity (Wildman–Crippen MR) is 40.6 cm³/mol. The van der Waals surface area contributed by atoms with E-state index in [1.54, 1.807) is 6.92 Å². The molecule has 0 atom stereocenters. The Bertz CT molecular complexity index is 208. The summed E-state index contributed by atoms with van der Waals surface area (Å²) in [6, 6.07) is 0.137. The highest BCUT2D eigenvalue weighted by Crippen LogP contribution is 2.18. The van der Waals surface area contributed by atoms with E-state index in [0.29, 0.717) is 12.8 Å². The van der Waals surface area contributed by atoms with Gasteiger partial charge in [0.2, 0.25) is 0 Å². The van der Waals surface area contributed by atoms with Crippen LogP contribution in [-0.2, 0) is 4.79 Å². The lowest BCUT2D eigenvalue weighted by molar-refractivity contribution is -0.117. The van der Waals surface area contributed by atoms with Gasteiger partial charge in [0.15, 0.2) is 0 Å². The highest BCUT2D eigenvalue weighted by molar-refractivity contribution is 5.93. The number of carbonyl (C=O) groups is 1. The minimum absolute atomic E-state index is 0.137. The quantitative estimate of drug-likeness (QED) is 0.506. The first-order valence-electron chi connectivity index (χ1n) is 3.63. The van der Waals surface area contributed by atoms with Crippen LogP contribution in [-0.4, -0.2) is 23.2 Å². The van der Waals surface area contributed by atoms with Crippen molar-refractivity contribution in [3.63, 3.8) is 0 Å². The van der Waals surface area contributed by atoms with Crippen molar-refractivity contribution in [3.8, 4) is 11.8 Å². The number of nitrogens with one attached hydrogen (secondary N) is 1. The molecule has 0 aromatic heterocycles. The van der Waals surface area contributed by atoms with Crippen molar-refractivity contribution >= 4 is 5.91 Å². The zero-order valence-electron chi connectivity index (χ0n) is 6.42. The maximum Gasteiger partial charge on any atom is 0.296 e. The minimum Gasteiger partial charge on any atom is -0.393 e. The number of rotatable bonds is 1. The number of aliphatic hydroxyl groups is 1. The maximum absolute atomic E-state index is 10.8. The summed E-state index contributed by atoms with van der Waals surface area (Å²) in [7, 11) is 0. The molecule has 0 heterocycles. The molecule has 1 aliphatic rings. The van der Waals surface area contributed by atoms with Crippen LogP contribution in [0.4, 0.5) is 0 Å². The van der Waals surface area contributed by atoms with E-state index in [1.165, 1.54) is 0 Å². The molecule has 0 radical (unpaired) electrons. The second kappa shape index (κ2) is 3.40. The van der Waals surface area contributed by atoms with Crippen molar-refractivity contribution < 1.29 is 9.90 Å². The average molecular weight is 153 g/mol. The lowest BCUT2D eigenvalue weighted by Gasteiger charge is -2.31. The number of hydrogen-bond donors (Lipinski definition) is 2. The van der Waals surface area contributed by atoms with Crippen LogP contribution >= 0.6 is 0 Å². The molecule has 0 bridgehead atoms. The molecule has 0 saturated heterocycles. The standard InChI is InChI=1S/C8H11NO2/c1-2-3-8(11)9-6-4-7(10)5-6/h6-7,10H,4-5H2,1H3,(H,9,11). The molecule has 1 aliphatic carbocycles. The number of carbonyl (C=O) groups excluding carboxylic acids is 1. The van der Waals surface area contributed by atoms with E-state index in [0.717, 1.165) is 0 Å². The second-order valence-electron chi connectivity index (χ2n) is 2.67. The van der Waals surface area contributed by atoms with E-state index in [2.05, 4.69) is 17.2 Å². The Morgan fingerprint density at radius 3 is 2.73 bits per heavy atom. The Morgan fingerprint density at radius 1 is 1.64 bits per heavy atom. The van der Waals surface area contributed by atoms with Crippen LogP contribution in [0.2, 0.25) is 0 Å². The first-order chi connectivity index (χ1) is 5.22. The van der Waals surface area contributed by atoms with Gasteiger partial charge in [-0.2, -0.15) is 0 Å². The number of hydrogen-bond acceptors (Lipinski definition) is 2. The van der Waals surface area contributed by atoms with Crippen molar-refractivity contribution in [2.24, 2.45) is 0 Å². The Labute approximate surface area is 65.8 Å². The third kappa shape index (κ3) is 2.24. The van der Waals surface area contributed by atoms with E-state index >= 15 is 0 Å². The number of aliphatic hydroxyl groups excluding tert-OH is 1. The summed E-state index contributed by atoms with van der Waals surface area (Å²) in [6.45, 7) is 1.62. The third-order valence-electron chi connectivity index (χ3n) is 1.69. The van der Waals surface area contributed by atoms with Gasteiger partial charge in [-0.3, -0.25) is 4.79 Å². The molecule has 0 aromatic carbocycles. The average Bonchev–Trinajstić information content (AvgIpc) is 1.85. The fraction of sp³-hybridized carbons (Fsp3) is 0.625. The Morgan fingerprint density at radius 2 is 2.27 bits per heavy atom. The molecule has 1 rings (SSSR count). The van der Waals surface area contributed by atoms with Gasteiger partial charge in [0, 0.05) is 6.04 Å². The molecular weight excluding hydrogens is 142 g/mol. The van der Waals surface area contributed by atoms with Gasteiger partial charge in [-0.05, 0) is 25.7 Å². The SMILES string of the molecule is CC#CC(=O)NC1CC(O)C1. The Balaban J connectivity index is 2.20. The highest BCUT2D eigenvalue weighted by Gasteiger charge is 2.27. The molecule has 1 amide bonds.